The Bertz CT molecular complexity index is 545. The van der Waals surface area contributed by atoms with Crippen LogP contribution in [0.5, 0.6) is 5.75 Å². The van der Waals surface area contributed by atoms with Crippen LogP contribution in [0.2, 0.25) is 0 Å². The number of fused-ring (bicyclic) bond motifs is 1. The summed E-state index contributed by atoms with van der Waals surface area (Å²) in [6, 6.07) is 13.1. The molecule has 0 aliphatic carbocycles. The van der Waals surface area contributed by atoms with Crippen molar-refractivity contribution in [3.63, 3.8) is 0 Å². The maximum absolute atomic E-state index is 6.18. The average Bonchev–Trinajstić information content (AvgIpc) is 2.53. The maximum Gasteiger partial charge on any atom is 0.130 e. The Morgan fingerprint density at radius 2 is 1.57 bits per heavy atom. The Hall–Kier alpha value is -1.50. The standard InChI is InChI=1S/C20H28O/c1-3-5-7-12-18-15-14-17-11-8-9-13-19(17)20(18)21-16-10-6-4-2/h8-9,11,13-15H,3-7,10,12,16H2,1-2H3. The Balaban J connectivity index is 2.19. The van der Waals surface area contributed by atoms with Gasteiger partial charge in [0.1, 0.15) is 5.75 Å². The maximum atomic E-state index is 6.18. The van der Waals surface area contributed by atoms with Gasteiger partial charge in [-0.05, 0) is 30.2 Å². The molecule has 2 aromatic carbocycles. The lowest BCUT2D eigenvalue weighted by atomic mass is 10.0. The fourth-order valence-electron chi connectivity index (χ4n) is 2.75. The molecule has 0 aliphatic rings. The van der Waals surface area contributed by atoms with Crippen LogP contribution in [-0.2, 0) is 6.42 Å². The summed E-state index contributed by atoms with van der Waals surface area (Å²) < 4.78 is 6.18. The Kier molecular flexibility index (Phi) is 6.59. The molecule has 0 fully saturated rings. The van der Waals surface area contributed by atoms with Gasteiger partial charge in [0.15, 0.2) is 0 Å². The third kappa shape index (κ3) is 4.49. The smallest absolute Gasteiger partial charge is 0.130 e. The molecule has 1 nitrogen and oxygen atoms in total. The molecule has 1 heteroatoms. The van der Waals surface area contributed by atoms with Crippen molar-refractivity contribution in [1.82, 2.24) is 0 Å². The second-order valence-corrected chi connectivity index (χ2v) is 5.79. The largest absolute Gasteiger partial charge is 0.493 e. The third-order valence-electron chi connectivity index (χ3n) is 4.01. The molecule has 114 valence electrons. The van der Waals surface area contributed by atoms with E-state index >= 15 is 0 Å². The molecule has 0 unspecified atom stereocenters. The van der Waals surface area contributed by atoms with Crippen LogP contribution in [-0.4, -0.2) is 6.61 Å². The first kappa shape index (κ1) is 15.9. The quantitative estimate of drug-likeness (QED) is 0.502. The van der Waals surface area contributed by atoms with Crippen LogP contribution in [0.3, 0.4) is 0 Å². The van der Waals surface area contributed by atoms with E-state index < -0.39 is 0 Å². The predicted octanol–water partition coefficient (Wildman–Crippen LogP) is 6.14. The van der Waals surface area contributed by atoms with E-state index in [1.54, 1.807) is 0 Å². The topological polar surface area (TPSA) is 9.23 Å². The molecular formula is C20H28O. The number of hydrogen-bond acceptors (Lipinski definition) is 1. The van der Waals surface area contributed by atoms with Crippen molar-refractivity contribution in [2.75, 3.05) is 6.61 Å². The van der Waals surface area contributed by atoms with E-state index in [0.717, 1.165) is 25.2 Å². The zero-order valence-corrected chi connectivity index (χ0v) is 13.5. The van der Waals surface area contributed by atoms with Gasteiger partial charge in [0.2, 0.25) is 0 Å². The van der Waals surface area contributed by atoms with Crippen LogP contribution in [0.25, 0.3) is 10.8 Å². The molecule has 0 N–H and O–H groups in total. The molecule has 0 radical (unpaired) electrons. The van der Waals surface area contributed by atoms with Gasteiger partial charge in [-0.25, -0.2) is 0 Å². The number of ether oxygens (including phenoxy) is 1. The Morgan fingerprint density at radius 3 is 2.38 bits per heavy atom. The van der Waals surface area contributed by atoms with Gasteiger partial charge >= 0.3 is 0 Å². The molecule has 21 heavy (non-hydrogen) atoms. The van der Waals surface area contributed by atoms with Crippen molar-refractivity contribution in [3.05, 3.63) is 42.0 Å². The van der Waals surface area contributed by atoms with Crippen LogP contribution >= 0.6 is 0 Å². The van der Waals surface area contributed by atoms with E-state index in [2.05, 4.69) is 50.2 Å². The average molecular weight is 284 g/mol. The van der Waals surface area contributed by atoms with Gasteiger partial charge in [-0.2, -0.15) is 0 Å². The second kappa shape index (κ2) is 8.71. The van der Waals surface area contributed by atoms with Gasteiger partial charge in [-0.3, -0.25) is 0 Å². The number of aryl methyl sites for hydroxylation is 1. The van der Waals surface area contributed by atoms with Gasteiger partial charge in [0.25, 0.3) is 0 Å². The van der Waals surface area contributed by atoms with Gasteiger partial charge in [-0.1, -0.05) is 75.9 Å². The summed E-state index contributed by atoms with van der Waals surface area (Å²) in [5.41, 5.74) is 1.37. The summed E-state index contributed by atoms with van der Waals surface area (Å²) in [7, 11) is 0. The second-order valence-electron chi connectivity index (χ2n) is 5.79. The summed E-state index contributed by atoms with van der Waals surface area (Å²) >= 11 is 0. The minimum atomic E-state index is 0.836. The summed E-state index contributed by atoms with van der Waals surface area (Å²) in [6.07, 6.45) is 8.57. The molecule has 2 aromatic rings. The predicted molar refractivity (Wildman–Crippen MR) is 92.2 cm³/mol. The highest BCUT2D eigenvalue weighted by Gasteiger charge is 2.08. The number of rotatable bonds is 9. The minimum absolute atomic E-state index is 0.836. The van der Waals surface area contributed by atoms with Crippen LogP contribution < -0.4 is 4.74 Å². The summed E-state index contributed by atoms with van der Waals surface area (Å²) in [6.45, 7) is 5.32. The molecule has 0 spiro atoms. The highest BCUT2D eigenvalue weighted by molar-refractivity contribution is 5.89. The first-order valence-electron chi connectivity index (χ1n) is 8.50. The van der Waals surface area contributed by atoms with Crippen molar-refractivity contribution in [2.24, 2.45) is 0 Å². The van der Waals surface area contributed by atoms with Crippen LogP contribution in [0.4, 0.5) is 0 Å². The third-order valence-corrected chi connectivity index (χ3v) is 4.01. The first-order valence-corrected chi connectivity index (χ1v) is 8.50. The first-order chi connectivity index (χ1) is 10.4. The molecule has 0 saturated carbocycles. The number of hydrogen-bond donors (Lipinski definition) is 0. The fraction of sp³-hybridized carbons (Fsp3) is 0.500. The highest BCUT2D eigenvalue weighted by Crippen LogP contribution is 2.31. The molecule has 0 atom stereocenters. The number of benzene rings is 2. The van der Waals surface area contributed by atoms with E-state index in [1.165, 1.54) is 48.4 Å². The lowest BCUT2D eigenvalue weighted by Gasteiger charge is -2.14. The zero-order valence-electron chi connectivity index (χ0n) is 13.5. The van der Waals surface area contributed by atoms with Gasteiger partial charge < -0.3 is 4.74 Å². The van der Waals surface area contributed by atoms with E-state index in [0.29, 0.717) is 0 Å². The van der Waals surface area contributed by atoms with Crippen LogP contribution in [0.15, 0.2) is 36.4 Å². The highest BCUT2D eigenvalue weighted by atomic mass is 16.5. The summed E-state index contributed by atoms with van der Waals surface area (Å²) in [5.74, 6) is 1.13. The number of unbranched alkanes of at least 4 members (excludes halogenated alkanes) is 4. The molecule has 0 aliphatic heterocycles. The molecule has 0 saturated heterocycles. The Labute approximate surface area is 129 Å². The molecule has 0 amide bonds. The lowest BCUT2D eigenvalue weighted by Crippen LogP contribution is -2.01. The minimum Gasteiger partial charge on any atom is -0.493 e. The zero-order chi connectivity index (χ0) is 14.9. The van der Waals surface area contributed by atoms with E-state index in [1.807, 2.05) is 0 Å². The molecule has 0 aromatic heterocycles. The van der Waals surface area contributed by atoms with Gasteiger partial charge in [-0.15, -0.1) is 0 Å². The Morgan fingerprint density at radius 1 is 0.810 bits per heavy atom. The van der Waals surface area contributed by atoms with Crippen molar-refractivity contribution in [2.45, 2.75) is 58.8 Å². The molecule has 2 rings (SSSR count). The fourth-order valence-corrected chi connectivity index (χ4v) is 2.75. The van der Waals surface area contributed by atoms with Crippen molar-refractivity contribution < 1.29 is 4.74 Å². The molecule has 0 heterocycles. The van der Waals surface area contributed by atoms with Crippen LogP contribution in [0, 0.1) is 0 Å². The van der Waals surface area contributed by atoms with E-state index in [4.69, 9.17) is 4.74 Å². The summed E-state index contributed by atoms with van der Waals surface area (Å²) in [5, 5.41) is 2.55. The van der Waals surface area contributed by atoms with E-state index in [-0.39, 0.29) is 0 Å². The van der Waals surface area contributed by atoms with Crippen molar-refractivity contribution in [1.29, 1.82) is 0 Å². The SMILES string of the molecule is CCCCCOc1c(CCCCC)ccc2ccccc12. The summed E-state index contributed by atoms with van der Waals surface area (Å²) in [4.78, 5) is 0. The van der Waals surface area contributed by atoms with Crippen molar-refractivity contribution in [3.8, 4) is 5.75 Å². The normalized spacial score (nSPS) is 11.0. The molecular weight excluding hydrogens is 256 g/mol. The monoisotopic (exact) mass is 284 g/mol. The van der Waals surface area contributed by atoms with E-state index in [9.17, 15) is 0 Å². The lowest BCUT2D eigenvalue weighted by molar-refractivity contribution is 0.306. The van der Waals surface area contributed by atoms with Gasteiger partial charge in [0.05, 0.1) is 6.61 Å². The van der Waals surface area contributed by atoms with Crippen molar-refractivity contribution >= 4 is 10.8 Å². The van der Waals surface area contributed by atoms with Gasteiger partial charge in [0, 0.05) is 5.39 Å². The van der Waals surface area contributed by atoms with Crippen LogP contribution in [0.1, 0.15) is 57.9 Å². The molecule has 0 bridgehead atoms.